The van der Waals surface area contributed by atoms with E-state index in [1.165, 1.54) is 13.2 Å². The number of nitrogens with one attached hydrogen (secondary N) is 1. The SMILES string of the molecule is COCCCNC(=O)c1c(OC)cc(-c2cnc3cc(C(C)(C)C#N)ccn23)cc1OC(F)F. The minimum atomic E-state index is -3.14. The molecule has 3 rings (SSSR count). The average molecular weight is 472 g/mol. The molecule has 0 radical (unpaired) electrons. The van der Waals surface area contributed by atoms with E-state index in [0.717, 1.165) is 5.56 Å². The van der Waals surface area contributed by atoms with Crippen LogP contribution in [0.1, 0.15) is 36.2 Å². The maximum atomic E-state index is 13.2. The molecular weight excluding hydrogens is 446 g/mol. The summed E-state index contributed by atoms with van der Waals surface area (Å²) < 4.78 is 43.2. The molecule has 180 valence electrons. The summed E-state index contributed by atoms with van der Waals surface area (Å²) in [5, 5.41) is 12.1. The van der Waals surface area contributed by atoms with Crippen LogP contribution in [0, 0.1) is 11.3 Å². The lowest BCUT2D eigenvalue weighted by Gasteiger charge is -2.17. The zero-order valence-electron chi connectivity index (χ0n) is 19.4. The number of imidazole rings is 1. The number of hydrogen-bond donors (Lipinski definition) is 1. The van der Waals surface area contributed by atoms with Crippen LogP contribution in [0.2, 0.25) is 0 Å². The van der Waals surface area contributed by atoms with Gasteiger partial charge in [0.1, 0.15) is 22.7 Å². The second-order valence-corrected chi connectivity index (χ2v) is 8.06. The van der Waals surface area contributed by atoms with Crippen molar-refractivity contribution in [1.29, 1.82) is 5.26 Å². The van der Waals surface area contributed by atoms with Crippen LogP contribution in [0.3, 0.4) is 0 Å². The van der Waals surface area contributed by atoms with E-state index in [0.29, 0.717) is 36.5 Å². The number of alkyl halides is 2. The third kappa shape index (κ3) is 5.26. The molecule has 0 atom stereocenters. The molecule has 34 heavy (non-hydrogen) atoms. The van der Waals surface area contributed by atoms with E-state index < -0.39 is 17.9 Å². The lowest BCUT2D eigenvalue weighted by atomic mass is 9.87. The summed E-state index contributed by atoms with van der Waals surface area (Å²) >= 11 is 0. The second-order valence-electron chi connectivity index (χ2n) is 8.06. The number of halogens is 2. The van der Waals surface area contributed by atoms with Crippen molar-refractivity contribution < 1.29 is 27.8 Å². The van der Waals surface area contributed by atoms with E-state index in [4.69, 9.17) is 14.2 Å². The van der Waals surface area contributed by atoms with Gasteiger partial charge in [0.25, 0.3) is 5.91 Å². The zero-order chi connectivity index (χ0) is 24.9. The predicted molar refractivity (Wildman–Crippen MR) is 121 cm³/mol. The molecule has 1 N–H and O–H groups in total. The maximum absolute atomic E-state index is 13.2. The standard InChI is InChI=1S/C24H26F2N4O4/c1-24(2,14-27)16-6-8-30-17(13-29-20(30)12-16)15-10-18(33-4)21(19(11-15)34-23(25)26)22(31)28-7-5-9-32-3/h6,8,10-13,23H,5,7,9H2,1-4H3,(H,28,31). The van der Waals surface area contributed by atoms with Gasteiger partial charge in [-0.05, 0) is 50.1 Å². The molecule has 2 heterocycles. The van der Waals surface area contributed by atoms with Crippen LogP contribution in [0.4, 0.5) is 8.78 Å². The van der Waals surface area contributed by atoms with E-state index in [1.807, 2.05) is 0 Å². The van der Waals surface area contributed by atoms with Crippen LogP contribution >= 0.6 is 0 Å². The average Bonchev–Trinajstić information content (AvgIpc) is 3.24. The van der Waals surface area contributed by atoms with Gasteiger partial charge in [-0.2, -0.15) is 14.0 Å². The van der Waals surface area contributed by atoms with E-state index in [-0.39, 0.29) is 17.1 Å². The third-order valence-corrected chi connectivity index (χ3v) is 5.35. The van der Waals surface area contributed by atoms with Gasteiger partial charge in [0.2, 0.25) is 0 Å². The number of amides is 1. The third-order valence-electron chi connectivity index (χ3n) is 5.35. The first-order valence-electron chi connectivity index (χ1n) is 10.5. The molecule has 10 heteroatoms. The number of fused-ring (bicyclic) bond motifs is 1. The number of nitrogens with zero attached hydrogens (tertiary/aromatic N) is 3. The Kier molecular flexibility index (Phi) is 7.68. The predicted octanol–water partition coefficient (Wildman–Crippen LogP) is 4.18. The summed E-state index contributed by atoms with van der Waals surface area (Å²) in [5.41, 5.74) is 1.57. The van der Waals surface area contributed by atoms with E-state index in [1.54, 1.807) is 56.0 Å². The minimum Gasteiger partial charge on any atom is -0.496 e. The Morgan fingerprint density at radius 2 is 2.00 bits per heavy atom. The van der Waals surface area contributed by atoms with Crippen LogP contribution < -0.4 is 14.8 Å². The van der Waals surface area contributed by atoms with Gasteiger partial charge in [-0.25, -0.2) is 4.98 Å². The number of ether oxygens (including phenoxy) is 3. The largest absolute Gasteiger partial charge is 0.496 e. The highest BCUT2D eigenvalue weighted by molar-refractivity contribution is 6.00. The normalized spacial score (nSPS) is 11.5. The van der Waals surface area contributed by atoms with Gasteiger partial charge in [0.15, 0.2) is 0 Å². The zero-order valence-corrected chi connectivity index (χ0v) is 19.4. The number of hydrogen-bond acceptors (Lipinski definition) is 6. The van der Waals surface area contributed by atoms with Gasteiger partial charge in [0.05, 0.1) is 30.5 Å². The molecular formula is C24H26F2N4O4. The van der Waals surface area contributed by atoms with Crippen molar-refractivity contribution in [3.8, 4) is 28.8 Å². The summed E-state index contributed by atoms with van der Waals surface area (Å²) in [6.45, 7) is 1.21. The van der Waals surface area contributed by atoms with Crippen LogP contribution in [0.5, 0.6) is 11.5 Å². The molecule has 0 aliphatic rings. The molecule has 1 amide bonds. The first-order chi connectivity index (χ1) is 16.2. The molecule has 0 spiro atoms. The van der Waals surface area contributed by atoms with E-state index >= 15 is 0 Å². The Bertz CT molecular complexity index is 1220. The molecule has 0 bridgehead atoms. The fourth-order valence-corrected chi connectivity index (χ4v) is 3.47. The summed E-state index contributed by atoms with van der Waals surface area (Å²) in [6, 6.07) is 8.78. The van der Waals surface area contributed by atoms with Gasteiger partial charge in [-0.3, -0.25) is 9.20 Å². The molecule has 0 saturated heterocycles. The highest BCUT2D eigenvalue weighted by Gasteiger charge is 2.24. The van der Waals surface area contributed by atoms with E-state index in [2.05, 4.69) is 16.4 Å². The van der Waals surface area contributed by atoms with Crippen LogP contribution in [0.15, 0.2) is 36.7 Å². The first kappa shape index (κ1) is 24.9. The van der Waals surface area contributed by atoms with Gasteiger partial charge in [-0.1, -0.05) is 0 Å². The van der Waals surface area contributed by atoms with Crippen LogP contribution in [-0.4, -0.2) is 49.3 Å². The molecule has 3 aromatic rings. The summed E-state index contributed by atoms with van der Waals surface area (Å²) in [7, 11) is 2.89. The molecule has 0 unspecified atom stereocenters. The lowest BCUT2D eigenvalue weighted by molar-refractivity contribution is -0.0502. The highest BCUT2D eigenvalue weighted by atomic mass is 19.3. The lowest BCUT2D eigenvalue weighted by Crippen LogP contribution is -2.26. The number of pyridine rings is 1. The Balaban J connectivity index is 2.06. The van der Waals surface area contributed by atoms with Crippen molar-refractivity contribution in [3.63, 3.8) is 0 Å². The number of carbonyl (C=O) groups is 1. The van der Waals surface area contributed by atoms with Crippen molar-refractivity contribution in [1.82, 2.24) is 14.7 Å². The maximum Gasteiger partial charge on any atom is 0.387 e. The monoisotopic (exact) mass is 472 g/mol. The summed E-state index contributed by atoms with van der Waals surface area (Å²) in [4.78, 5) is 17.2. The topological polar surface area (TPSA) is 97.9 Å². The van der Waals surface area contributed by atoms with E-state index in [9.17, 15) is 18.8 Å². The number of nitriles is 1. The van der Waals surface area contributed by atoms with Crippen molar-refractivity contribution in [2.45, 2.75) is 32.3 Å². The molecule has 1 aromatic carbocycles. The quantitative estimate of drug-likeness (QED) is 0.445. The Labute approximate surface area is 196 Å². The minimum absolute atomic E-state index is 0.0783. The summed E-state index contributed by atoms with van der Waals surface area (Å²) in [6.07, 6.45) is 3.88. The highest BCUT2D eigenvalue weighted by Crippen LogP contribution is 2.36. The number of benzene rings is 1. The first-order valence-corrected chi connectivity index (χ1v) is 10.5. The Hall–Kier alpha value is -3.71. The van der Waals surface area contributed by atoms with Gasteiger partial charge < -0.3 is 19.5 Å². The van der Waals surface area contributed by atoms with Gasteiger partial charge in [0, 0.05) is 32.0 Å². The van der Waals surface area contributed by atoms with Crippen molar-refractivity contribution >= 4 is 11.6 Å². The fraction of sp³-hybridized carbons (Fsp3) is 0.375. The number of methoxy groups -OCH3 is 2. The van der Waals surface area contributed by atoms with Crippen molar-refractivity contribution in [2.24, 2.45) is 0 Å². The number of carbonyl (C=O) groups excluding carboxylic acids is 1. The number of rotatable bonds is 10. The van der Waals surface area contributed by atoms with Gasteiger partial charge >= 0.3 is 6.61 Å². The Morgan fingerprint density at radius 3 is 2.65 bits per heavy atom. The molecule has 0 aliphatic carbocycles. The molecule has 0 fully saturated rings. The number of aromatic nitrogens is 2. The van der Waals surface area contributed by atoms with Crippen molar-refractivity contribution in [3.05, 3.63) is 47.8 Å². The molecule has 2 aromatic heterocycles. The fourth-order valence-electron chi connectivity index (χ4n) is 3.47. The van der Waals surface area contributed by atoms with Gasteiger partial charge in [-0.15, -0.1) is 0 Å². The Morgan fingerprint density at radius 1 is 1.26 bits per heavy atom. The summed E-state index contributed by atoms with van der Waals surface area (Å²) in [5.74, 6) is -0.836. The molecule has 0 saturated carbocycles. The van der Waals surface area contributed by atoms with Crippen molar-refractivity contribution in [2.75, 3.05) is 27.4 Å². The second kappa shape index (κ2) is 10.5. The van der Waals surface area contributed by atoms with Crippen LogP contribution in [-0.2, 0) is 10.2 Å². The molecule has 0 aliphatic heterocycles. The molecule has 8 nitrogen and oxygen atoms in total. The smallest absolute Gasteiger partial charge is 0.387 e. The van der Waals surface area contributed by atoms with Crippen LogP contribution in [0.25, 0.3) is 16.9 Å².